The molecule has 3 aromatic heterocycles. The maximum absolute atomic E-state index is 10.4. The summed E-state index contributed by atoms with van der Waals surface area (Å²) < 4.78 is 6.90. The Balaban J connectivity index is 1.12. The van der Waals surface area contributed by atoms with Crippen LogP contribution in [-0.4, -0.2) is 13.7 Å². The summed E-state index contributed by atoms with van der Waals surface area (Å²) >= 11 is 0. The molecule has 55 heavy (non-hydrogen) atoms. The van der Waals surface area contributed by atoms with Gasteiger partial charge in [0.25, 0.3) is 0 Å². The van der Waals surface area contributed by atoms with Crippen molar-refractivity contribution in [1.82, 2.24) is 13.7 Å². The average molecular weight is 700 g/mol. The number of rotatable bonds is 4. The standard InChI is InChI=1S/C50H29N5/c1-52-35-23-26-47-42(30-35)50-48(19-10-20-49(50)55-45-17-8-4-13-40(45)41-14-5-9-18-46(41)55)54(47)37-28-32(31-51)27-34(29-37)33-21-24-36(25-22-33)53-43-15-6-2-11-38(43)39-12-3-7-16-44(39)53/h2-30H. The highest BCUT2D eigenvalue weighted by Crippen LogP contribution is 2.42. The van der Waals surface area contributed by atoms with Crippen LogP contribution in [0.3, 0.4) is 0 Å². The average Bonchev–Trinajstić information content (AvgIpc) is 3.89. The van der Waals surface area contributed by atoms with Gasteiger partial charge in [-0.3, -0.25) is 0 Å². The van der Waals surface area contributed by atoms with Gasteiger partial charge in [0.1, 0.15) is 0 Å². The Hall–Kier alpha value is -7.86. The zero-order chi connectivity index (χ0) is 36.6. The van der Waals surface area contributed by atoms with Crippen molar-refractivity contribution < 1.29 is 0 Å². The summed E-state index contributed by atoms with van der Waals surface area (Å²) in [5.41, 5.74) is 12.7. The van der Waals surface area contributed by atoms with Crippen molar-refractivity contribution in [2.75, 3.05) is 0 Å². The lowest BCUT2D eigenvalue weighted by molar-refractivity contribution is 1.17. The van der Waals surface area contributed by atoms with Crippen molar-refractivity contribution >= 4 is 71.1 Å². The van der Waals surface area contributed by atoms with Crippen LogP contribution in [0, 0.1) is 17.9 Å². The number of para-hydroxylation sites is 4. The molecule has 3 heterocycles. The Bertz CT molecular complexity index is 3350. The highest BCUT2D eigenvalue weighted by atomic mass is 15.0. The van der Waals surface area contributed by atoms with Crippen LogP contribution in [0.15, 0.2) is 176 Å². The largest absolute Gasteiger partial charge is 0.309 e. The second-order valence-electron chi connectivity index (χ2n) is 14.0. The highest BCUT2D eigenvalue weighted by molar-refractivity contribution is 6.17. The number of hydrogen-bond acceptors (Lipinski definition) is 1. The second kappa shape index (κ2) is 11.8. The van der Waals surface area contributed by atoms with Crippen molar-refractivity contribution in [3.05, 3.63) is 193 Å². The van der Waals surface area contributed by atoms with Crippen molar-refractivity contribution in [2.24, 2.45) is 0 Å². The van der Waals surface area contributed by atoms with E-state index in [4.69, 9.17) is 6.57 Å². The first kappa shape index (κ1) is 30.7. The third-order valence-corrected chi connectivity index (χ3v) is 11.0. The van der Waals surface area contributed by atoms with E-state index in [9.17, 15) is 5.26 Å². The molecule has 0 fully saturated rings. The fourth-order valence-corrected chi connectivity index (χ4v) is 8.73. The third-order valence-electron chi connectivity index (χ3n) is 11.0. The van der Waals surface area contributed by atoms with Gasteiger partial charge in [0.15, 0.2) is 5.69 Å². The lowest BCUT2D eigenvalue weighted by atomic mass is 10.0. The van der Waals surface area contributed by atoms with Crippen LogP contribution in [0.4, 0.5) is 5.69 Å². The summed E-state index contributed by atoms with van der Waals surface area (Å²) in [5, 5.41) is 17.2. The molecule has 0 atom stereocenters. The van der Waals surface area contributed by atoms with E-state index in [2.05, 4.69) is 170 Å². The number of benzene rings is 8. The van der Waals surface area contributed by atoms with Crippen LogP contribution in [-0.2, 0) is 0 Å². The van der Waals surface area contributed by atoms with Crippen molar-refractivity contribution in [3.63, 3.8) is 0 Å². The van der Waals surface area contributed by atoms with Crippen LogP contribution in [0.25, 0.3) is 98.5 Å². The minimum Gasteiger partial charge on any atom is -0.309 e. The first-order chi connectivity index (χ1) is 27.2. The van der Waals surface area contributed by atoms with E-state index < -0.39 is 0 Å². The molecule has 254 valence electrons. The molecule has 11 rings (SSSR count). The summed E-state index contributed by atoms with van der Waals surface area (Å²) in [6.07, 6.45) is 0. The molecule has 0 spiro atoms. The summed E-state index contributed by atoms with van der Waals surface area (Å²) in [4.78, 5) is 3.83. The number of aromatic nitrogens is 3. The van der Waals surface area contributed by atoms with E-state index in [-0.39, 0.29) is 0 Å². The third kappa shape index (κ3) is 4.51. The van der Waals surface area contributed by atoms with Gasteiger partial charge in [-0.05, 0) is 95.4 Å². The Morgan fingerprint density at radius 2 is 0.945 bits per heavy atom. The van der Waals surface area contributed by atoms with Gasteiger partial charge in [0.05, 0.1) is 57.0 Å². The Morgan fingerprint density at radius 3 is 1.53 bits per heavy atom. The predicted molar refractivity (Wildman–Crippen MR) is 226 cm³/mol. The van der Waals surface area contributed by atoms with E-state index in [1.807, 2.05) is 30.3 Å². The van der Waals surface area contributed by atoms with Crippen LogP contribution in [0.2, 0.25) is 0 Å². The minimum absolute atomic E-state index is 0.574. The van der Waals surface area contributed by atoms with E-state index in [1.165, 1.54) is 32.6 Å². The Morgan fingerprint density at radius 1 is 0.418 bits per heavy atom. The molecule has 0 aliphatic rings. The first-order valence-electron chi connectivity index (χ1n) is 18.3. The quantitative estimate of drug-likeness (QED) is 0.169. The SMILES string of the molecule is [C-]#[N+]c1ccc2c(c1)c1c(-n3c4ccccc4c4ccccc43)cccc1n2-c1cc(C#N)cc(-c2ccc(-n3c4ccccc4c4ccccc43)cc2)c1. The van der Waals surface area contributed by atoms with Gasteiger partial charge in [-0.2, -0.15) is 5.26 Å². The zero-order valence-electron chi connectivity index (χ0n) is 29.5. The van der Waals surface area contributed by atoms with Gasteiger partial charge in [-0.1, -0.05) is 97.1 Å². The van der Waals surface area contributed by atoms with Gasteiger partial charge in [0.2, 0.25) is 0 Å². The lowest BCUT2D eigenvalue weighted by Gasteiger charge is -2.13. The van der Waals surface area contributed by atoms with E-state index >= 15 is 0 Å². The molecule has 0 aliphatic heterocycles. The molecule has 0 bridgehead atoms. The number of fused-ring (bicyclic) bond motifs is 9. The normalized spacial score (nSPS) is 11.6. The molecule has 0 saturated heterocycles. The molecule has 0 radical (unpaired) electrons. The maximum Gasteiger partial charge on any atom is 0.188 e. The molecule has 0 aliphatic carbocycles. The van der Waals surface area contributed by atoms with Gasteiger partial charge >= 0.3 is 0 Å². The first-order valence-corrected chi connectivity index (χ1v) is 18.3. The zero-order valence-corrected chi connectivity index (χ0v) is 29.5. The maximum atomic E-state index is 10.4. The van der Waals surface area contributed by atoms with Gasteiger partial charge in [0, 0.05) is 38.3 Å². The topological polar surface area (TPSA) is 42.9 Å². The van der Waals surface area contributed by atoms with E-state index in [1.54, 1.807) is 0 Å². The van der Waals surface area contributed by atoms with Crippen LogP contribution in [0.1, 0.15) is 5.56 Å². The smallest absolute Gasteiger partial charge is 0.188 e. The number of nitriles is 1. The Kier molecular flexibility index (Phi) is 6.61. The lowest BCUT2D eigenvalue weighted by Crippen LogP contribution is -1.98. The molecular weight excluding hydrogens is 671 g/mol. The van der Waals surface area contributed by atoms with E-state index in [0.29, 0.717) is 11.3 Å². The van der Waals surface area contributed by atoms with Crippen molar-refractivity contribution in [2.45, 2.75) is 0 Å². The van der Waals surface area contributed by atoms with Crippen LogP contribution >= 0.6 is 0 Å². The van der Waals surface area contributed by atoms with Crippen LogP contribution < -0.4 is 0 Å². The monoisotopic (exact) mass is 699 g/mol. The highest BCUT2D eigenvalue weighted by Gasteiger charge is 2.21. The molecule has 11 aromatic rings. The molecule has 8 aromatic carbocycles. The fourth-order valence-electron chi connectivity index (χ4n) is 8.73. The predicted octanol–water partition coefficient (Wildman–Crippen LogP) is 13.1. The van der Waals surface area contributed by atoms with Crippen LogP contribution in [0.5, 0.6) is 0 Å². The fraction of sp³-hybridized carbons (Fsp3) is 0. The summed E-state index contributed by atoms with van der Waals surface area (Å²) in [6.45, 7) is 7.90. The Labute approximate surface area is 316 Å². The molecule has 5 nitrogen and oxygen atoms in total. The molecule has 0 saturated carbocycles. The van der Waals surface area contributed by atoms with Crippen molar-refractivity contribution in [3.8, 4) is 34.3 Å². The molecule has 0 unspecified atom stereocenters. The van der Waals surface area contributed by atoms with Gasteiger partial charge in [-0.25, -0.2) is 4.85 Å². The van der Waals surface area contributed by atoms with Gasteiger partial charge < -0.3 is 13.7 Å². The second-order valence-corrected chi connectivity index (χ2v) is 14.0. The van der Waals surface area contributed by atoms with E-state index in [0.717, 1.165) is 61.0 Å². The molecule has 0 amide bonds. The number of nitrogens with zero attached hydrogens (tertiary/aromatic N) is 5. The van der Waals surface area contributed by atoms with Crippen molar-refractivity contribution in [1.29, 1.82) is 5.26 Å². The summed E-state index contributed by atoms with van der Waals surface area (Å²) in [6, 6.07) is 63.6. The summed E-state index contributed by atoms with van der Waals surface area (Å²) in [5.74, 6) is 0. The minimum atomic E-state index is 0.574. The summed E-state index contributed by atoms with van der Waals surface area (Å²) in [7, 11) is 0. The number of hydrogen-bond donors (Lipinski definition) is 0. The van der Waals surface area contributed by atoms with Gasteiger partial charge in [-0.15, -0.1) is 0 Å². The molecular formula is C50H29N5. The molecule has 0 N–H and O–H groups in total. The molecule has 5 heteroatoms.